The summed E-state index contributed by atoms with van der Waals surface area (Å²) in [5.41, 5.74) is 9.67. The van der Waals surface area contributed by atoms with Gasteiger partial charge in [0.05, 0.1) is 0 Å². The molecule has 0 saturated carbocycles. The fourth-order valence-corrected chi connectivity index (χ4v) is 2.10. The van der Waals surface area contributed by atoms with Gasteiger partial charge in [0, 0.05) is 5.02 Å². The Labute approximate surface area is 89.6 Å². The fourth-order valence-electron chi connectivity index (χ4n) is 1.90. The standard InChI is InChI=1S/C12H14ClN/c13-12-4-3-10-7-9(5-6-14)1-2-11(10)8-12/h3-4,7-8H,1-2,5-6,14H2. The molecule has 0 unspecified atom stereocenters. The van der Waals surface area contributed by atoms with E-state index in [0.29, 0.717) is 0 Å². The summed E-state index contributed by atoms with van der Waals surface area (Å²) >= 11 is 5.93. The summed E-state index contributed by atoms with van der Waals surface area (Å²) in [6, 6.07) is 6.10. The summed E-state index contributed by atoms with van der Waals surface area (Å²) < 4.78 is 0. The number of aryl methyl sites for hydroxylation is 1. The van der Waals surface area contributed by atoms with Crippen molar-refractivity contribution in [2.75, 3.05) is 6.54 Å². The van der Waals surface area contributed by atoms with E-state index in [4.69, 9.17) is 17.3 Å². The molecular formula is C12H14ClN. The molecule has 0 aliphatic heterocycles. The van der Waals surface area contributed by atoms with Gasteiger partial charge in [0.2, 0.25) is 0 Å². The van der Waals surface area contributed by atoms with E-state index in [1.54, 1.807) is 0 Å². The summed E-state index contributed by atoms with van der Waals surface area (Å²) in [7, 11) is 0. The maximum atomic E-state index is 5.93. The predicted octanol–water partition coefficient (Wildman–Crippen LogP) is 3.02. The van der Waals surface area contributed by atoms with Crippen LogP contribution in [0.2, 0.25) is 5.02 Å². The van der Waals surface area contributed by atoms with Gasteiger partial charge in [-0.15, -0.1) is 0 Å². The number of rotatable bonds is 2. The van der Waals surface area contributed by atoms with Crippen LogP contribution in [0.25, 0.3) is 6.08 Å². The summed E-state index contributed by atoms with van der Waals surface area (Å²) in [5.74, 6) is 0. The predicted molar refractivity (Wildman–Crippen MR) is 61.4 cm³/mol. The second kappa shape index (κ2) is 4.16. The minimum atomic E-state index is 0.745. The van der Waals surface area contributed by atoms with Crippen molar-refractivity contribution in [1.29, 1.82) is 0 Å². The molecule has 0 heterocycles. The van der Waals surface area contributed by atoms with Gasteiger partial charge in [-0.3, -0.25) is 0 Å². The van der Waals surface area contributed by atoms with Crippen molar-refractivity contribution in [3.05, 3.63) is 39.9 Å². The van der Waals surface area contributed by atoms with Crippen molar-refractivity contribution >= 4 is 17.7 Å². The van der Waals surface area contributed by atoms with Gasteiger partial charge in [0.1, 0.15) is 0 Å². The average Bonchev–Trinajstić information content (AvgIpc) is 2.19. The lowest BCUT2D eigenvalue weighted by molar-refractivity contribution is 0.837. The number of hydrogen-bond donors (Lipinski definition) is 1. The first kappa shape index (κ1) is 9.75. The van der Waals surface area contributed by atoms with Crippen LogP contribution in [0, 0.1) is 0 Å². The Morgan fingerprint density at radius 3 is 2.93 bits per heavy atom. The Hall–Kier alpha value is -0.790. The monoisotopic (exact) mass is 207 g/mol. The summed E-state index contributed by atoms with van der Waals surface area (Å²) in [4.78, 5) is 0. The van der Waals surface area contributed by atoms with Crippen molar-refractivity contribution in [2.45, 2.75) is 19.3 Å². The van der Waals surface area contributed by atoms with E-state index in [-0.39, 0.29) is 0 Å². The van der Waals surface area contributed by atoms with Crippen LogP contribution >= 0.6 is 11.6 Å². The van der Waals surface area contributed by atoms with Crippen molar-refractivity contribution < 1.29 is 0 Å². The summed E-state index contributed by atoms with van der Waals surface area (Å²) in [5, 5.41) is 0.833. The van der Waals surface area contributed by atoms with Crippen LogP contribution in [0.15, 0.2) is 23.8 Å². The molecule has 1 aliphatic carbocycles. The second-order valence-electron chi connectivity index (χ2n) is 3.68. The lowest BCUT2D eigenvalue weighted by Crippen LogP contribution is -2.05. The van der Waals surface area contributed by atoms with E-state index in [0.717, 1.165) is 30.8 Å². The number of nitrogens with two attached hydrogens (primary N) is 1. The van der Waals surface area contributed by atoms with Crippen molar-refractivity contribution in [1.82, 2.24) is 0 Å². The van der Waals surface area contributed by atoms with E-state index in [9.17, 15) is 0 Å². The number of fused-ring (bicyclic) bond motifs is 1. The smallest absolute Gasteiger partial charge is 0.0409 e. The number of benzene rings is 1. The molecule has 1 aromatic carbocycles. The molecule has 0 amide bonds. The van der Waals surface area contributed by atoms with E-state index in [1.807, 2.05) is 6.07 Å². The normalized spacial score (nSPS) is 14.9. The van der Waals surface area contributed by atoms with Crippen LogP contribution in [-0.2, 0) is 6.42 Å². The first-order chi connectivity index (χ1) is 6.79. The zero-order valence-electron chi connectivity index (χ0n) is 8.09. The first-order valence-corrected chi connectivity index (χ1v) is 5.35. The molecule has 1 nitrogen and oxygen atoms in total. The Bertz CT molecular complexity index is 369. The maximum Gasteiger partial charge on any atom is 0.0409 e. The molecule has 14 heavy (non-hydrogen) atoms. The van der Waals surface area contributed by atoms with Crippen LogP contribution < -0.4 is 5.73 Å². The maximum absolute atomic E-state index is 5.93. The van der Waals surface area contributed by atoms with E-state index < -0.39 is 0 Å². The zero-order chi connectivity index (χ0) is 9.97. The molecule has 0 fully saturated rings. The lowest BCUT2D eigenvalue weighted by atomic mass is 9.91. The second-order valence-corrected chi connectivity index (χ2v) is 4.12. The SMILES string of the molecule is NCCC1=Cc2ccc(Cl)cc2CC1. The molecule has 0 radical (unpaired) electrons. The van der Waals surface area contributed by atoms with Crippen molar-refractivity contribution in [3.8, 4) is 0 Å². The topological polar surface area (TPSA) is 26.0 Å². The molecule has 2 heteroatoms. The molecule has 2 N–H and O–H groups in total. The Kier molecular flexibility index (Phi) is 2.90. The molecule has 1 aromatic rings. The van der Waals surface area contributed by atoms with Crippen LogP contribution in [-0.4, -0.2) is 6.54 Å². The van der Waals surface area contributed by atoms with Gasteiger partial charge in [-0.25, -0.2) is 0 Å². The lowest BCUT2D eigenvalue weighted by Gasteiger charge is -2.16. The Balaban J connectivity index is 2.30. The largest absolute Gasteiger partial charge is 0.330 e. The third-order valence-corrected chi connectivity index (χ3v) is 2.88. The Morgan fingerprint density at radius 1 is 1.29 bits per heavy atom. The van der Waals surface area contributed by atoms with Crippen LogP contribution in [0.3, 0.4) is 0 Å². The molecule has 1 aliphatic rings. The molecular weight excluding hydrogens is 194 g/mol. The van der Waals surface area contributed by atoms with Crippen LogP contribution in [0.1, 0.15) is 24.0 Å². The quantitative estimate of drug-likeness (QED) is 0.793. The highest BCUT2D eigenvalue weighted by Crippen LogP contribution is 2.27. The minimum Gasteiger partial charge on any atom is -0.330 e. The van der Waals surface area contributed by atoms with Gasteiger partial charge >= 0.3 is 0 Å². The van der Waals surface area contributed by atoms with Crippen molar-refractivity contribution in [2.24, 2.45) is 5.73 Å². The zero-order valence-corrected chi connectivity index (χ0v) is 8.85. The number of halogens is 1. The van der Waals surface area contributed by atoms with Gasteiger partial charge < -0.3 is 5.73 Å². The highest BCUT2D eigenvalue weighted by Gasteiger charge is 2.09. The van der Waals surface area contributed by atoms with E-state index >= 15 is 0 Å². The van der Waals surface area contributed by atoms with Gasteiger partial charge in [0.25, 0.3) is 0 Å². The van der Waals surface area contributed by atoms with Gasteiger partial charge in [-0.2, -0.15) is 0 Å². The molecule has 0 atom stereocenters. The third-order valence-electron chi connectivity index (χ3n) is 2.65. The highest BCUT2D eigenvalue weighted by atomic mass is 35.5. The molecule has 0 saturated heterocycles. The minimum absolute atomic E-state index is 0.745. The van der Waals surface area contributed by atoms with Gasteiger partial charge in [0.15, 0.2) is 0 Å². The fraction of sp³-hybridized carbons (Fsp3) is 0.333. The number of hydrogen-bond acceptors (Lipinski definition) is 1. The third kappa shape index (κ3) is 1.99. The van der Waals surface area contributed by atoms with Crippen molar-refractivity contribution in [3.63, 3.8) is 0 Å². The molecule has 74 valence electrons. The van der Waals surface area contributed by atoms with E-state index in [2.05, 4.69) is 18.2 Å². The summed E-state index contributed by atoms with van der Waals surface area (Å²) in [6.07, 6.45) is 5.50. The van der Waals surface area contributed by atoms with E-state index in [1.165, 1.54) is 16.7 Å². The first-order valence-electron chi connectivity index (χ1n) is 4.97. The average molecular weight is 208 g/mol. The van der Waals surface area contributed by atoms with Gasteiger partial charge in [-0.1, -0.05) is 29.3 Å². The molecule has 2 rings (SSSR count). The Morgan fingerprint density at radius 2 is 2.14 bits per heavy atom. The molecule has 0 aromatic heterocycles. The molecule has 0 spiro atoms. The summed E-state index contributed by atoms with van der Waals surface area (Å²) in [6.45, 7) is 0.745. The van der Waals surface area contributed by atoms with Crippen LogP contribution in [0.5, 0.6) is 0 Å². The molecule has 0 bridgehead atoms. The van der Waals surface area contributed by atoms with Gasteiger partial charge in [-0.05, 0) is 49.1 Å². The highest BCUT2D eigenvalue weighted by molar-refractivity contribution is 6.30. The van der Waals surface area contributed by atoms with Crippen LogP contribution in [0.4, 0.5) is 0 Å².